The Hall–Kier alpha value is -1.75. The summed E-state index contributed by atoms with van der Waals surface area (Å²) in [6.45, 7) is 3.76. The van der Waals surface area contributed by atoms with Gasteiger partial charge in [0, 0.05) is 32.4 Å². The van der Waals surface area contributed by atoms with Gasteiger partial charge in [0.25, 0.3) is 5.91 Å². The van der Waals surface area contributed by atoms with Crippen molar-refractivity contribution in [1.29, 1.82) is 0 Å². The molecule has 1 aliphatic rings. The molecule has 2 rings (SSSR count). The molecule has 1 fully saturated rings. The van der Waals surface area contributed by atoms with Gasteiger partial charge in [-0.15, -0.1) is 0 Å². The second-order valence-electron chi connectivity index (χ2n) is 5.35. The zero-order valence-electron chi connectivity index (χ0n) is 12.3. The molecule has 0 radical (unpaired) electrons. The van der Waals surface area contributed by atoms with Crippen LogP contribution in [0.2, 0.25) is 0 Å². The SMILES string of the molecule is CN(C)C(=O)c1ccc(N)cc1OCCN1CCCC1. The number of nitrogens with two attached hydrogens (primary N) is 1. The van der Waals surface area contributed by atoms with E-state index in [0.717, 1.165) is 19.6 Å². The van der Waals surface area contributed by atoms with Crippen LogP contribution in [0, 0.1) is 0 Å². The molecular weight excluding hydrogens is 254 g/mol. The molecule has 5 heteroatoms. The molecule has 5 nitrogen and oxygen atoms in total. The van der Waals surface area contributed by atoms with Crippen LogP contribution in [0.5, 0.6) is 5.75 Å². The summed E-state index contributed by atoms with van der Waals surface area (Å²) < 4.78 is 5.78. The summed E-state index contributed by atoms with van der Waals surface area (Å²) in [5.41, 5.74) is 6.95. The van der Waals surface area contributed by atoms with Gasteiger partial charge >= 0.3 is 0 Å². The number of hydrogen-bond acceptors (Lipinski definition) is 4. The standard InChI is InChI=1S/C15H23N3O2/c1-17(2)15(19)13-6-5-12(16)11-14(13)20-10-9-18-7-3-4-8-18/h5-6,11H,3-4,7-10,16H2,1-2H3. The monoisotopic (exact) mass is 277 g/mol. The Morgan fingerprint density at radius 1 is 1.35 bits per heavy atom. The second kappa shape index (κ2) is 6.61. The highest BCUT2D eigenvalue weighted by Gasteiger charge is 2.16. The minimum absolute atomic E-state index is 0.0684. The van der Waals surface area contributed by atoms with Crippen molar-refractivity contribution in [3.63, 3.8) is 0 Å². The molecule has 110 valence electrons. The zero-order valence-corrected chi connectivity index (χ0v) is 12.3. The number of nitrogens with zero attached hydrogens (tertiary/aromatic N) is 2. The molecule has 0 atom stereocenters. The lowest BCUT2D eigenvalue weighted by Gasteiger charge is -2.18. The zero-order chi connectivity index (χ0) is 14.5. The fourth-order valence-electron chi connectivity index (χ4n) is 2.37. The lowest BCUT2D eigenvalue weighted by molar-refractivity contribution is 0.0822. The van der Waals surface area contributed by atoms with Gasteiger partial charge in [-0.1, -0.05) is 0 Å². The van der Waals surface area contributed by atoms with E-state index in [1.54, 1.807) is 37.2 Å². The summed E-state index contributed by atoms with van der Waals surface area (Å²) in [6.07, 6.45) is 2.53. The Labute approximate surface area is 120 Å². The first kappa shape index (κ1) is 14.7. The fourth-order valence-corrected chi connectivity index (χ4v) is 2.37. The number of amides is 1. The van der Waals surface area contributed by atoms with Crippen molar-refractivity contribution in [2.75, 3.05) is 46.1 Å². The summed E-state index contributed by atoms with van der Waals surface area (Å²) in [6, 6.07) is 5.17. The van der Waals surface area contributed by atoms with Crippen molar-refractivity contribution in [2.24, 2.45) is 0 Å². The van der Waals surface area contributed by atoms with Crippen LogP contribution in [0.3, 0.4) is 0 Å². The topological polar surface area (TPSA) is 58.8 Å². The first-order valence-electron chi connectivity index (χ1n) is 7.04. The number of likely N-dealkylation sites (tertiary alicyclic amines) is 1. The molecule has 20 heavy (non-hydrogen) atoms. The summed E-state index contributed by atoms with van der Waals surface area (Å²) in [5, 5.41) is 0. The maximum atomic E-state index is 12.1. The van der Waals surface area contributed by atoms with Crippen molar-refractivity contribution < 1.29 is 9.53 Å². The molecule has 0 spiro atoms. The van der Waals surface area contributed by atoms with Gasteiger partial charge < -0.3 is 15.4 Å². The molecule has 0 unspecified atom stereocenters. The Bertz CT molecular complexity index is 468. The number of anilines is 1. The average Bonchev–Trinajstić information content (AvgIpc) is 2.91. The van der Waals surface area contributed by atoms with Crippen LogP contribution in [0.4, 0.5) is 5.69 Å². The highest BCUT2D eigenvalue weighted by atomic mass is 16.5. The van der Waals surface area contributed by atoms with E-state index >= 15 is 0 Å². The van der Waals surface area contributed by atoms with E-state index in [0.29, 0.717) is 23.6 Å². The number of ether oxygens (including phenoxy) is 1. The molecule has 0 aliphatic carbocycles. The van der Waals surface area contributed by atoms with Crippen LogP contribution in [-0.2, 0) is 0 Å². The Morgan fingerprint density at radius 2 is 2.05 bits per heavy atom. The molecule has 1 heterocycles. The Balaban J connectivity index is 2.01. The maximum Gasteiger partial charge on any atom is 0.257 e. The molecule has 1 amide bonds. The third-order valence-electron chi connectivity index (χ3n) is 3.51. The summed E-state index contributed by atoms with van der Waals surface area (Å²) in [5.74, 6) is 0.504. The molecule has 0 aromatic heterocycles. The summed E-state index contributed by atoms with van der Waals surface area (Å²) in [4.78, 5) is 16.0. The number of nitrogen functional groups attached to an aromatic ring is 1. The number of carbonyl (C=O) groups is 1. The molecule has 2 N–H and O–H groups in total. The smallest absolute Gasteiger partial charge is 0.257 e. The van der Waals surface area contributed by atoms with Crippen molar-refractivity contribution >= 4 is 11.6 Å². The maximum absolute atomic E-state index is 12.1. The van der Waals surface area contributed by atoms with E-state index in [2.05, 4.69) is 4.90 Å². The number of benzene rings is 1. The van der Waals surface area contributed by atoms with Gasteiger partial charge in [0.05, 0.1) is 5.56 Å². The fraction of sp³-hybridized carbons (Fsp3) is 0.533. The first-order chi connectivity index (χ1) is 9.58. The lowest BCUT2D eigenvalue weighted by Crippen LogP contribution is -2.26. The quantitative estimate of drug-likeness (QED) is 0.828. The van der Waals surface area contributed by atoms with Crippen LogP contribution in [0.15, 0.2) is 18.2 Å². The van der Waals surface area contributed by atoms with Crippen molar-refractivity contribution in [3.05, 3.63) is 23.8 Å². The average molecular weight is 277 g/mol. The highest BCUT2D eigenvalue weighted by Crippen LogP contribution is 2.23. The minimum Gasteiger partial charge on any atom is -0.491 e. The van der Waals surface area contributed by atoms with Gasteiger partial charge in [0.1, 0.15) is 12.4 Å². The third kappa shape index (κ3) is 3.63. The summed E-state index contributed by atoms with van der Waals surface area (Å²) in [7, 11) is 3.46. The van der Waals surface area contributed by atoms with Gasteiger partial charge in [0.15, 0.2) is 0 Å². The van der Waals surface area contributed by atoms with Gasteiger partial charge in [-0.2, -0.15) is 0 Å². The van der Waals surface area contributed by atoms with Crippen LogP contribution >= 0.6 is 0 Å². The molecule has 1 aliphatic heterocycles. The Morgan fingerprint density at radius 3 is 2.70 bits per heavy atom. The lowest BCUT2D eigenvalue weighted by atomic mass is 10.1. The predicted octanol–water partition coefficient (Wildman–Crippen LogP) is 1.45. The van der Waals surface area contributed by atoms with Crippen LogP contribution in [-0.4, -0.2) is 56.0 Å². The Kier molecular flexibility index (Phi) is 4.84. The number of rotatable bonds is 5. The molecule has 1 aromatic rings. The molecule has 0 saturated carbocycles. The molecule has 1 saturated heterocycles. The normalized spacial score (nSPS) is 15.3. The van der Waals surface area contributed by atoms with E-state index < -0.39 is 0 Å². The molecule has 0 bridgehead atoms. The summed E-state index contributed by atoms with van der Waals surface area (Å²) >= 11 is 0. The minimum atomic E-state index is -0.0684. The van der Waals surface area contributed by atoms with E-state index in [4.69, 9.17) is 10.5 Å². The third-order valence-corrected chi connectivity index (χ3v) is 3.51. The van der Waals surface area contributed by atoms with Gasteiger partial charge in [0.2, 0.25) is 0 Å². The van der Waals surface area contributed by atoms with E-state index in [1.807, 2.05) is 0 Å². The van der Waals surface area contributed by atoms with Crippen molar-refractivity contribution in [2.45, 2.75) is 12.8 Å². The van der Waals surface area contributed by atoms with E-state index in [-0.39, 0.29) is 5.91 Å². The van der Waals surface area contributed by atoms with Gasteiger partial charge in [-0.25, -0.2) is 0 Å². The predicted molar refractivity (Wildman–Crippen MR) is 80.0 cm³/mol. The molecular formula is C15H23N3O2. The molecule has 1 aromatic carbocycles. The van der Waals surface area contributed by atoms with E-state index in [1.165, 1.54) is 12.8 Å². The van der Waals surface area contributed by atoms with Gasteiger partial charge in [-0.05, 0) is 38.1 Å². The van der Waals surface area contributed by atoms with Gasteiger partial charge in [-0.3, -0.25) is 9.69 Å². The highest BCUT2D eigenvalue weighted by molar-refractivity contribution is 5.97. The van der Waals surface area contributed by atoms with Crippen molar-refractivity contribution in [3.8, 4) is 5.75 Å². The van der Waals surface area contributed by atoms with Crippen LogP contribution in [0.1, 0.15) is 23.2 Å². The number of hydrogen-bond donors (Lipinski definition) is 1. The van der Waals surface area contributed by atoms with Crippen LogP contribution in [0.25, 0.3) is 0 Å². The van der Waals surface area contributed by atoms with Crippen LogP contribution < -0.4 is 10.5 Å². The second-order valence-corrected chi connectivity index (χ2v) is 5.35. The van der Waals surface area contributed by atoms with E-state index in [9.17, 15) is 4.79 Å². The number of carbonyl (C=O) groups excluding carboxylic acids is 1. The largest absolute Gasteiger partial charge is 0.491 e. The first-order valence-corrected chi connectivity index (χ1v) is 7.04. The van der Waals surface area contributed by atoms with Crippen molar-refractivity contribution in [1.82, 2.24) is 9.80 Å².